The second-order valence-electron chi connectivity index (χ2n) is 5.92. The fourth-order valence-corrected chi connectivity index (χ4v) is 2.31. The van der Waals surface area contributed by atoms with Gasteiger partial charge in [-0.15, -0.1) is 0 Å². The van der Waals surface area contributed by atoms with Crippen LogP contribution in [0.4, 0.5) is 14.9 Å². The van der Waals surface area contributed by atoms with Crippen LogP contribution in [0.1, 0.15) is 20.3 Å². The first kappa shape index (κ1) is 17.6. The number of carbonyl (C=O) groups excluding carboxylic acids is 1. The zero-order valence-electron chi connectivity index (χ0n) is 14.5. The summed E-state index contributed by atoms with van der Waals surface area (Å²) in [6.45, 7) is 3.93. The van der Waals surface area contributed by atoms with Gasteiger partial charge in [0.2, 0.25) is 5.82 Å². The van der Waals surface area contributed by atoms with Gasteiger partial charge in [-0.05, 0) is 43.7 Å². The molecule has 0 aliphatic heterocycles. The monoisotopic (exact) mass is 354 g/mol. The van der Waals surface area contributed by atoms with Gasteiger partial charge in [-0.25, -0.2) is 9.18 Å². The number of benzene rings is 2. The van der Waals surface area contributed by atoms with Gasteiger partial charge in [-0.1, -0.05) is 30.3 Å². The van der Waals surface area contributed by atoms with Crippen LogP contribution in [0.2, 0.25) is 0 Å². The summed E-state index contributed by atoms with van der Waals surface area (Å²) in [5.74, 6) is 0.211. The number of hydrogen-bond donors (Lipinski definition) is 2. The average Bonchev–Trinajstić information content (AvgIpc) is 3.12. The molecule has 3 aromatic rings. The Kier molecular flexibility index (Phi) is 5.26. The molecule has 0 saturated carbocycles. The van der Waals surface area contributed by atoms with E-state index in [1.54, 1.807) is 36.4 Å². The van der Waals surface area contributed by atoms with Gasteiger partial charge in [0.05, 0.1) is 0 Å². The predicted octanol–water partition coefficient (Wildman–Crippen LogP) is 4.46. The number of carbonyl (C=O) groups is 1. The third kappa shape index (κ3) is 4.24. The van der Waals surface area contributed by atoms with Crippen molar-refractivity contribution in [3.05, 3.63) is 54.3 Å². The minimum atomic E-state index is -0.374. The zero-order chi connectivity index (χ0) is 18.5. The van der Waals surface area contributed by atoms with Gasteiger partial charge in [0.25, 0.3) is 5.89 Å². The molecule has 26 heavy (non-hydrogen) atoms. The van der Waals surface area contributed by atoms with E-state index in [0.717, 1.165) is 6.42 Å². The molecule has 3 rings (SSSR count). The summed E-state index contributed by atoms with van der Waals surface area (Å²) in [6.07, 6.45) is 0.846. The number of anilines is 1. The van der Waals surface area contributed by atoms with Gasteiger partial charge in [0, 0.05) is 22.9 Å². The average molecular weight is 354 g/mol. The van der Waals surface area contributed by atoms with E-state index < -0.39 is 0 Å². The molecule has 0 aliphatic rings. The first-order valence-corrected chi connectivity index (χ1v) is 8.32. The minimum absolute atomic E-state index is 0.0872. The van der Waals surface area contributed by atoms with Gasteiger partial charge in [-0.2, -0.15) is 4.98 Å². The molecular weight excluding hydrogens is 335 g/mol. The van der Waals surface area contributed by atoms with Crippen LogP contribution < -0.4 is 10.6 Å². The second kappa shape index (κ2) is 7.77. The number of halogens is 1. The van der Waals surface area contributed by atoms with Gasteiger partial charge >= 0.3 is 6.03 Å². The molecule has 7 heteroatoms. The fraction of sp³-hybridized carbons (Fsp3) is 0.211. The summed E-state index contributed by atoms with van der Waals surface area (Å²) >= 11 is 0. The van der Waals surface area contributed by atoms with Crippen LogP contribution in [-0.2, 0) is 0 Å². The lowest BCUT2D eigenvalue weighted by Crippen LogP contribution is -2.35. The molecule has 0 fully saturated rings. The molecule has 1 atom stereocenters. The lowest BCUT2D eigenvalue weighted by molar-refractivity contribution is 0.249. The van der Waals surface area contributed by atoms with Crippen LogP contribution in [0.3, 0.4) is 0 Å². The summed E-state index contributed by atoms with van der Waals surface area (Å²) in [7, 11) is 0. The summed E-state index contributed by atoms with van der Waals surface area (Å²) < 4.78 is 18.6. The Hall–Kier alpha value is -3.22. The lowest BCUT2D eigenvalue weighted by atomic mass is 10.2. The van der Waals surface area contributed by atoms with Gasteiger partial charge in [-0.3, -0.25) is 0 Å². The molecule has 1 aromatic heterocycles. The third-order valence-corrected chi connectivity index (χ3v) is 3.87. The number of nitrogens with one attached hydrogen (secondary N) is 2. The van der Waals surface area contributed by atoms with Crippen LogP contribution in [-0.4, -0.2) is 22.2 Å². The van der Waals surface area contributed by atoms with Crippen LogP contribution in [0.5, 0.6) is 0 Å². The highest BCUT2D eigenvalue weighted by molar-refractivity contribution is 5.90. The summed E-state index contributed by atoms with van der Waals surface area (Å²) in [4.78, 5) is 16.2. The van der Waals surface area contributed by atoms with Gasteiger partial charge < -0.3 is 15.2 Å². The molecule has 2 amide bonds. The Morgan fingerprint density at radius 1 is 1.19 bits per heavy atom. The molecule has 6 nitrogen and oxygen atoms in total. The molecule has 0 radical (unpaired) electrons. The van der Waals surface area contributed by atoms with E-state index in [4.69, 9.17) is 4.52 Å². The topological polar surface area (TPSA) is 80.0 Å². The van der Waals surface area contributed by atoms with Gasteiger partial charge in [0.15, 0.2) is 0 Å². The maximum atomic E-state index is 13.3. The van der Waals surface area contributed by atoms with Crippen molar-refractivity contribution < 1.29 is 13.7 Å². The van der Waals surface area contributed by atoms with Crippen molar-refractivity contribution in [3.8, 4) is 22.8 Å². The fourth-order valence-electron chi connectivity index (χ4n) is 2.31. The SMILES string of the molecule is CC[C@H](C)NC(=O)Nc1cccc(-c2noc(-c3cccc(F)c3)n2)c1. The molecule has 2 aromatic carbocycles. The van der Waals surface area contributed by atoms with Crippen LogP contribution in [0.25, 0.3) is 22.8 Å². The maximum Gasteiger partial charge on any atom is 0.319 e. The second-order valence-corrected chi connectivity index (χ2v) is 5.92. The number of urea groups is 1. The highest BCUT2D eigenvalue weighted by Gasteiger charge is 2.12. The molecule has 2 N–H and O–H groups in total. The Labute approximate surface area is 150 Å². The zero-order valence-corrected chi connectivity index (χ0v) is 14.5. The first-order chi connectivity index (χ1) is 12.5. The smallest absolute Gasteiger partial charge is 0.319 e. The van der Waals surface area contributed by atoms with Crippen molar-refractivity contribution in [2.24, 2.45) is 0 Å². The van der Waals surface area contributed by atoms with Crippen molar-refractivity contribution in [1.29, 1.82) is 0 Å². The Balaban J connectivity index is 1.77. The Bertz CT molecular complexity index is 910. The van der Waals surface area contributed by atoms with E-state index in [-0.39, 0.29) is 23.8 Å². The maximum absolute atomic E-state index is 13.3. The summed E-state index contributed by atoms with van der Waals surface area (Å²) in [5, 5.41) is 9.55. The largest absolute Gasteiger partial charge is 0.335 e. The number of aromatic nitrogens is 2. The molecule has 0 saturated heterocycles. The van der Waals surface area contributed by atoms with E-state index >= 15 is 0 Å². The molecule has 134 valence electrons. The molecule has 0 unspecified atom stereocenters. The molecule has 1 heterocycles. The van der Waals surface area contributed by atoms with Crippen molar-refractivity contribution >= 4 is 11.7 Å². The number of hydrogen-bond acceptors (Lipinski definition) is 4. The highest BCUT2D eigenvalue weighted by Crippen LogP contribution is 2.24. The van der Waals surface area contributed by atoms with E-state index in [1.807, 2.05) is 13.8 Å². The van der Waals surface area contributed by atoms with Crippen molar-refractivity contribution in [1.82, 2.24) is 15.5 Å². The third-order valence-electron chi connectivity index (χ3n) is 3.87. The Morgan fingerprint density at radius 2 is 1.96 bits per heavy atom. The Morgan fingerprint density at radius 3 is 2.73 bits per heavy atom. The minimum Gasteiger partial charge on any atom is -0.335 e. The molecular formula is C19H19FN4O2. The normalized spacial score (nSPS) is 11.8. The van der Waals surface area contributed by atoms with E-state index in [2.05, 4.69) is 20.8 Å². The summed E-state index contributed by atoms with van der Waals surface area (Å²) in [6, 6.07) is 12.9. The summed E-state index contributed by atoms with van der Waals surface area (Å²) in [5.41, 5.74) is 1.80. The number of nitrogens with zero attached hydrogens (tertiary/aromatic N) is 2. The first-order valence-electron chi connectivity index (χ1n) is 8.32. The molecule has 0 bridgehead atoms. The van der Waals surface area contributed by atoms with Crippen molar-refractivity contribution in [3.63, 3.8) is 0 Å². The van der Waals surface area contributed by atoms with E-state index in [9.17, 15) is 9.18 Å². The predicted molar refractivity (Wildman–Crippen MR) is 97.0 cm³/mol. The molecule has 0 aliphatic carbocycles. The van der Waals surface area contributed by atoms with Crippen molar-refractivity contribution in [2.45, 2.75) is 26.3 Å². The molecule has 0 spiro atoms. The van der Waals surface area contributed by atoms with Crippen LogP contribution in [0.15, 0.2) is 53.1 Å². The van der Waals surface area contributed by atoms with Crippen LogP contribution >= 0.6 is 0 Å². The number of amides is 2. The standard InChI is InChI=1S/C19H19FN4O2/c1-3-12(2)21-19(25)22-16-9-5-6-13(11-16)17-23-18(26-24-17)14-7-4-8-15(20)10-14/h4-12H,3H2,1-2H3,(H2,21,22,25)/t12-/m0/s1. The van der Waals surface area contributed by atoms with E-state index in [1.165, 1.54) is 12.1 Å². The highest BCUT2D eigenvalue weighted by atomic mass is 19.1. The number of rotatable bonds is 5. The lowest BCUT2D eigenvalue weighted by Gasteiger charge is -2.12. The van der Waals surface area contributed by atoms with Crippen LogP contribution in [0, 0.1) is 5.82 Å². The van der Waals surface area contributed by atoms with Crippen molar-refractivity contribution in [2.75, 3.05) is 5.32 Å². The van der Waals surface area contributed by atoms with E-state index in [0.29, 0.717) is 22.6 Å². The quantitative estimate of drug-likeness (QED) is 0.709. The van der Waals surface area contributed by atoms with Gasteiger partial charge in [0.1, 0.15) is 5.82 Å².